The number of rotatable bonds is 6. The van der Waals surface area contributed by atoms with Crippen LogP contribution in [0.25, 0.3) is 16.6 Å². The molecule has 1 aliphatic rings. The summed E-state index contributed by atoms with van der Waals surface area (Å²) in [5, 5.41) is 21.8. The normalized spacial score (nSPS) is 19.0. The van der Waals surface area contributed by atoms with Gasteiger partial charge < -0.3 is 10.1 Å². The Hall–Kier alpha value is -4.17. The molecule has 1 aromatic carbocycles. The lowest BCUT2D eigenvalue weighted by Crippen LogP contribution is -2.48. The van der Waals surface area contributed by atoms with Crippen LogP contribution >= 0.6 is 11.8 Å². The minimum atomic E-state index is -0.410. The molecule has 0 saturated heterocycles. The number of alkyl carbamates (subject to hydrolysis) is 1. The summed E-state index contributed by atoms with van der Waals surface area (Å²) in [5.74, 6) is -0.394. The van der Waals surface area contributed by atoms with E-state index in [2.05, 4.69) is 32.9 Å². The number of benzene rings is 1. The molecule has 1 fully saturated rings. The summed E-state index contributed by atoms with van der Waals surface area (Å²) >= 11 is 1.38. The molecule has 3 heterocycles. The molecule has 0 bridgehead atoms. The number of halogens is 1. The van der Waals surface area contributed by atoms with Gasteiger partial charge in [-0.15, -0.1) is 0 Å². The highest BCUT2D eigenvalue weighted by Crippen LogP contribution is 2.41. The van der Waals surface area contributed by atoms with Gasteiger partial charge in [-0.05, 0) is 64.4 Å². The minimum absolute atomic E-state index is 0.208. The second-order valence-electron chi connectivity index (χ2n) is 9.93. The number of hydrogen-bond donors (Lipinski definition) is 1. The summed E-state index contributed by atoms with van der Waals surface area (Å²) in [6.07, 6.45) is 8.25. The first kappa shape index (κ1) is 26.4. The number of ether oxygens (including phenoxy) is 1. The fourth-order valence-electron chi connectivity index (χ4n) is 5.19. The lowest BCUT2D eigenvalue weighted by molar-refractivity contribution is 0.139. The molecule has 0 unspecified atom stereocenters. The fourth-order valence-corrected chi connectivity index (χ4v) is 6.28. The summed E-state index contributed by atoms with van der Waals surface area (Å²) in [6.45, 7) is 7.66. The van der Waals surface area contributed by atoms with E-state index in [4.69, 9.17) is 9.84 Å². The molecule has 11 heteroatoms. The van der Waals surface area contributed by atoms with Crippen LogP contribution in [-0.2, 0) is 4.74 Å². The standard InChI is InChI=1S/C28H28FN7O2S/c1-17-22(15-33-36(17)21-7-9-28(2,10-8-21)34-27(37)38-4)18-11-25(26-19(13-30)14-32-35(26)16-18)39-24-6-5-20(29)12-23(24)31-3/h5-6,11-12,14-16,21H,3,7-10H2,1-2,4H3,(H,34,37). The predicted octanol–water partition coefficient (Wildman–Crippen LogP) is 6.23. The third-order valence-corrected chi connectivity index (χ3v) is 8.45. The highest BCUT2D eigenvalue weighted by atomic mass is 32.2. The van der Waals surface area contributed by atoms with Crippen LogP contribution in [0.15, 0.2) is 57.6 Å². The van der Waals surface area contributed by atoms with E-state index in [1.165, 1.54) is 37.2 Å². The fraction of sp³-hybridized carbons (Fsp3) is 0.321. The number of pyridine rings is 1. The van der Waals surface area contributed by atoms with Crippen LogP contribution < -0.4 is 5.32 Å². The van der Waals surface area contributed by atoms with Crippen molar-refractivity contribution < 1.29 is 13.9 Å². The molecule has 200 valence electrons. The number of carbonyl (C=O) groups excluding carboxylic acids is 1. The second kappa shape index (κ2) is 10.5. The van der Waals surface area contributed by atoms with E-state index in [0.717, 1.165) is 47.4 Å². The van der Waals surface area contributed by atoms with Crippen LogP contribution in [0.1, 0.15) is 49.9 Å². The number of nitriles is 1. The first-order valence-electron chi connectivity index (χ1n) is 12.5. The molecule has 39 heavy (non-hydrogen) atoms. The Morgan fingerprint density at radius 3 is 2.74 bits per heavy atom. The van der Waals surface area contributed by atoms with Crippen molar-refractivity contribution in [3.63, 3.8) is 0 Å². The van der Waals surface area contributed by atoms with Crippen LogP contribution in [0.2, 0.25) is 0 Å². The van der Waals surface area contributed by atoms with Crippen molar-refractivity contribution in [2.45, 2.75) is 60.9 Å². The van der Waals surface area contributed by atoms with Gasteiger partial charge in [0.1, 0.15) is 11.9 Å². The van der Waals surface area contributed by atoms with Gasteiger partial charge in [-0.3, -0.25) is 9.67 Å². The van der Waals surface area contributed by atoms with Crippen LogP contribution in [0, 0.1) is 24.1 Å². The van der Waals surface area contributed by atoms with Crippen molar-refractivity contribution in [3.05, 3.63) is 59.9 Å². The summed E-state index contributed by atoms with van der Waals surface area (Å²) in [6, 6.07) is 8.80. The van der Waals surface area contributed by atoms with Gasteiger partial charge in [0, 0.05) is 44.4 Å². The van der Waals surface area contributed by atoms with E-state index < -0.39 is 11.9 Å². The van der Waals surface area contributed by atoms with Gasteiger partial charge in [0.2, 0.25) is 0 Å². The molecule has 1 amide bonds. The molecular formula is C28H28FN7O2S. The van der Waals surface area contributed by atoms with Crippen LogP contribution in [0.5, 0.6) is 0 Å². The van der Waals surface area contributed by atoms with Gasteiger partial charge in [0.15, 0.2) is 0 Å². The summed E-state index contributed by atoms with van der Waals surface area (Å²) in [4.78, 5) is 17.2. The van der Waals surface area contributed by atoms with Crippen molar-refractivity contribution in [2.24, 2.45) is 4.99 Å². The molecule has 9 nitrogen and oxygen atoms in total. The SMILES string of the molecule is C=Nc1cc(F)ccc1Sc1cc(-c2cnn(C3CCC(C)(NC(=O)OC)CC3)c2C)cn2ncc(C#N)c12. The Kier molecular flexibility index (Phi) is 7.14. The third kappa shape index (κ3) is 5.12. The van der Waals surface area contributed by atoms with Gasteiger partial charge in [-0.1, -0.05) is 11.8 Å². The number of methoxy groups -OCH3 is 1. The zero-order valence-electron chi connectivity index (χ0n) is 21.9. The molecular weight excluding hydrogens is 517 g/mol. The number of fused-ring (bicyclic) bond motifs is 1. The highest BCUT2D eigenvalue weighted by molar-refractivity contribution is 7.99. The van der Waals surface area contributed by atoms with Crippen molar-refractivity contribution in [1.82, 2.24) is 24.7 Å². The third-order valence-electron chi connectivity index (χ3n) is 7.36. The molecule has 1 saturated carbocycles. The molecule has 0 radical (unpaired) electrons. The molecule has 3 aromatic heterocycles. The van der Waals surface area contributed by atoms with Gasteiger partial charge in [0.05, 0.1) is 42.3 Å². The lowest BCUT2D eigenvalue weighted by Gasteiger charge is -2.37. The van der Waals surface area contributed by atoms with Crippen LogP contribution in [0.3, 0.4) is 0 Å². The number of nitrogens with zero attached hydrogens (tertiary/aromatic N) is 6. The smallest absolute Gasteiger partial charge is 0.407 e. The first-order valence-corrected chi connectivity index (χ1v) is 13.3. The predicted molar refractivity (Wildman–Crippen MR) is 147 cm³/mol. The van der Waals surface area contributed by atoms with Crippen LogP contribution in [0.4, 0.5) is 14.9 Å². The van der Waals surface area contributed by atoms with Crippen molar-refractivity contribution in [2.75, 3.05) is 7.11 Å². The molecule has 4 aromatic rings. The maximum Gasteiger partial charge on any atom is 0.407 e. The van der Waals surface area contributed by atoms with Gasteiger partial charge >= 0.3 is 6.09 Å². The number of aromatic nitrogens is 4. The Morgan fingerprint density at radius 1 is 1.28 bits per heavy atom. The average molecular weight is 546 g/mol. The number of carbonyl (C=O) groups is 1. The Balaban J connectivity index is 1.48. The Bertz CT molecular complexity index is 1610. The second-order valence-corrected chi connectivity index (χ2v) is 11.0. The average Bonchev–Trinajstić information content (AvgIpc) is 3.53. The monoisotopic (exact) mass is 545 g/mol. The van der Waals surface area contributed by atoms with Crippen molar-refractivity contribution in [1.29, 1.82) is 5.26 Å². The molecule has 0 spiro atoms. The Morgan fingerprint density at radius 2 is 2.05 bits per heavy atom. The zero-order chi connectivity index (χ0) is 27.7. The van der Waals surface area contributed by atoms with E-state index in [1.54, 1.807) is 10.6 Å². The Labute approximate surface area is 229 Å². The molecule has 5 rings (SSSR count). The zero-order valence-corrected chi connectivity index (χ0v) is 22.8. The number of amides is 1. The summed E-state index contributed by atoms with van der Waals surface area (Å²) in [5.41, 5.74) is 4.10. The maximum atomic E-state index is 13.8. The van der Waals surface area contributed by atoms with E-state index in [1.807, 2.05) is 32.3 Å². The summed E-state index contributed by atoms with van der Waals surface area (Å²) in [7, 11) is 1.37. The first-order chi connectivity index (χ1) is 18.7. The topological polar surface area (TPSA) is 110 Å². The van der Waals surface area contributed by atoms with Crippen molar-refractivity contribution >= 4 is 35.8 Å². The summed E-state index contributed by atoms with van der Waals surface area (Å²) < 4.78 is 22.4. The van der Waals surface area contributed by atoms with E-state index in [0.29, 0.717) is 21.7 Å². The van der Waals surface area contributed by atoms with E-state index in [-0.39, 0.29) is 11.6 Å². The molecule has 1 N–H and O–H groups in total. The van der Waals surface area contributed by atoms with Crippen LogP contribution in [-0.4, -0.2) is 44.9 Å². The van der Waals surface area contributed by atoms with Crippen molar-refractivity contribution in [3.8, 4) is 17.2 Å². The van der Waals surface area contributed by atoms with E-state index in [9.17, 15) is 14.4 Å². The minimum Gasteiger partial charge on any atom is -0.453 e. The quantitative estimate of drug-likeness (QED) is 0.288. The molecule has 1 aliphatic carbocycles. The largest absolute Gasteiger partial charge is 0.453 e. The maximum absolute atomic E-state index is 13.8. The van der Waals surface area contributed by atoms with E-state index >= 15 is 0 Å². The number of aliphatic imine (C=N–C) groups is 1. The van der Waals surface area contributed by atoms with Gasteiger partial charge in [-0.25, -0.2) is 13.7 Å². The lowest BCUT2D eigenvalue weighted by atomic mass is 9.81. The molecule has 0 atom stereocenters. The highest BCUT2D eigenvalue weighted by Gasteiger charge is 2.34. The number of nitrogens with one attached hydrogen (secondary N) is 1. The number of hydrogen-bond acceptors (Lipinski definition) is 7. The molecule has 0 aliphatic heterocycles. The van der Waals surface area contributed by atoms with Gasteiger partial charge in [0.25, 0.3) is 0 Å². The van der Waals surface area contributed by atoms with Gasteiger partial charge in [-0.2, -0.15) is 15.5 Å².